The third-order valence-corrected chi connectivity index (χ3v) is 3.84. The Balaban J connectivity index is 0.00000242. The van der Waals surface area contributed by atoms with Gasteiger partial charge in [0.15, 0.2) is 12.4 Å². The summed E-state index contributed by atoms with van der Waals surface area (Å²) < 4.78 is 10.6. The van der Waals surface area contributed by atoms with E-state index in [9.17, 15) is 0 Å². The number of aromatic nitrogens is 2. The third-order valence-electron chi connectivity index (χ3n) is 2.82. The quantitative estimate of drug-likeness (QED) is 0.754. The molecule has 0 aliphatic carbocycles. The van der Waals surface area contributed by atoms with E-state index in [2.05, 4.69) is 15.5 Å². The highest BCUT2D eigenvalue weighted by molar-refractivity contribution is 6.43. The van der Waals surface area contributed by atoms with Gasteiger partial charge >= 0.3 is 0 Å². The van der Waals surface area contributed by atoms with Crippen molar-refractivity contribution < 1.29 is 9.26 Å². The Kier molecular flexibility index (Phi) is 7.72. The maximum atomic E-state index is 6.02. The van der Waals surface area contributed by atoms with Gasteiger partial charge in [-0.05, 0) is 20.0 Å². The van der Waals surface area contributed by atoms with Crippen molar-refractivity contribution in [1.82, 2.24) is 15.5 Å². The molecule has 0 fully saturated rings. The Morgan fingerprint density at radius 2 is 1.91 bits per heavy atom. The van der Waals surface area contributed by atoms with Crippen molar-refractivity contribution in [1.29, 1.82) is 0 Å². The molecule has 0 amide bonds. The van der Waals surface area contributed by atoms with Gasteiger partial charge in [-0.1, -0.05) is 40.0 Å². The van der Waals surface area contributed by atoms with Crippen molar-refractivity contribution in [2.75, 3.05) is 7.05 Å². The van der Waals surface area contributed by atoms with Crippen LogP contribution in [0.4, 0.5) is 0 Å². The zero-order valence-corrected chi connectivity index (χ0v) is 15.0. The molecule has 5 nitrogen and oxygen atoms in total. The molecule has 122 valence electrons. The number of ether oxygens (including phenoxy) is 1. The fourth-order valence-electron chi connectivity index (χ4n) is 1.56. The number of hydrogen-bond acceptors (Lipinski definition) is 5. The Bertz CT molecular complexity index is 621. The summed E-state index contributed by atoms with van der Waals surface area (Å²) in [4.78, 5) is 4.24. The van der Waals surface area contributed by atoms with Crippen molar-refractivity contribution >= 4 is 47.2 Å². The average Bonchev–Trinajstić information content (AvgIpc) is 2.88. The molecule has 1 atom stereocenters. The molecule has 1 unspecified atom stereocenters. The van der Waals surface area contributed by atoms with Gasteiger partial charge in [-0.2, -0.15) is 4.98 Å². The Labute approximate surface area is 149 Å². The fourth-order valence-corrected chi connectivity index (χ4v) is 2.15. The highest BCUT2D eigenvalue weighted by Gasteiger charge is 2.12. The molecule has 0 aliphatic heterocycles. The van der Waals surface area contributed by atoms with Crippen LogP contribution >= 0.6 is 47.2 Å². The second kappa shape index (κ2) is 8.79. The minimum atomic E-state index is 0. The van der Waals surface area contributed by atoms with Crippen molar-refractivity contribution in [3.63, 3.8) is 0 Å². The smallest absolute Gasteiger partial charge is 0.264 e. The maximum absolute atomic E-state index is 6.02. The van der Waals surface area contributed by atoms with Gasteiger partial charge in [-0.3, -0.25) is 0 Å². The summed E-state index contributed by atoms with van der Waals surface area (Å²) >= 11 is 17.8. The summed E-state index contributed by atoms with van der Waals surface area (Å²) in [6.07, 6.45) is 0.674. The zero-order valence-electron chi connectivity index (χ0n) is 11.9. The summed E-state index contributed by atoms with van der Waals surface area (Å²) in [6.45, 7) is 2.14. The van der Waals surface area contributed by atoms with Crippen LogP contribution in [0.5, 0.6) is 5.75 Å². The predicted molar refractivity (Wildman–Crippen MR) is 89.6 cm³/mol. The standard InChI is InChI=1S/C13H14Cl3N3O2.ClH/c1-7(17-2)3-12-18-13(21-19-12)6-20-11-5-9(15)8(14)4-10(11)16;/h4-5,7,17H,3,6H2,1-2H3;1H. The fraction of sp³-hybridized carbons (Fsp3) is 0.385. The molecule has 0 spiro atoms. The van der Waals surface area contributed by atoms with E-state index in [4.69, 9.17) is 44.1 Å². The normalized spacial score (nSPS) is 11.9. The molecule has 1 aromatic carbocycles. The van der Waals surface area contributed by atoms with Gasteiger partial charge in [0.1, 0.15) is 5.75 Å². The van der Waals surface area contributed by atoms with E-state index in [0.29, 0.717) is 39.0 Å². The van der Waals surface area contributed by atoms with Gasteiger partial charge in [0, 0.05) is 18.5 Å². The van der Waals surface area contributed by atoms with Crippen LogP contribution < -0.4 is 10.1 Å². The maximum Gasteiger partial charge on any atom is 0.264 e. The number of halogens is 4. The topological polar surface area (TPSA) is 60.2 Å². The van der Waals surface area contributed by atoms with Gasteiger partial charge in [-0.15, -0.1) is 12.4 Å². The number of likely N-dealkylation sites (N-methyl/N-ethyl adjacent to an activating group) is 1. The minimum absolute atomic E-state index is 0. The lowest BCUT2D eigenvalue weighted by Crippen LogP contribution is -2.24. The second-order valence-corrected chi connectivity index (χ2v) is 5.71. The van der Waals surface area contributed by atoms with E-state index >= 15 is 0 Å². The molecule has 0 aliphatic rings. The Morgan fingerprint density at radius 3 is 2.59 bits per heavy atom. The molecule has 2 aromatic rings. The second-order valence-electron chi connectivity index (χ2n) is 4.48. The van der Waals surface area contributed by atoms with Crippen molar-refractivity contribution in [3.05, 3.63) is 38.9 Å². The molecule has 1 aromatic heterocycles. The molecule has 22 heavy (non-hydrogen) atoms. The molecule has 9 heteroatoms. The molecular formula is C13H15Cl4N3O2. The number of hydrogen-bond donors (Lipinski definition) is 1. The van der Waals surface area contributed by atoms with Gasteiger partial charge in [0.2, 0.25) is 0 Å². The van der Waals surface area contributed by atoms with Gasteiger partial charge < -0.3 is 14.6 Å². The van der Waals surface area contributed by atoms with Crippen LogP contribution in [-0.4, -0.2) is 23.2 Å². The molecule has 1 N–H and O–H groups in total. The van der Waals surface area contributed by atoms with Gasteiger partial charge in [0.05, 0.1) is 15.1 Å². The van der Waals surface area contributed by atoms with Crippen LogP contribution in [0, 0.1) is 0 Å². The van der Waals surface area contributed by atoms with E-state index in [0.717, 1.165) is 0 Å². The van der Waals surface area contributed by atoms with Crippen LogP contribution in [-0.2, 0) is 13.0 Å². The number of benzene rings is 1. The molecule has 2 rings (SSSR count). The molecular weight excluding hydrogens is 372 g/mol. The average molecular weight is 387 g/mol. The van der Waals surface area contributed by atoms with Crippen molar-refractivity contribution in [3.8, 4) is 5.75 Å². The summed E-state index contributed by atoms with van der Waals surface area (Å²) in [7, 11) is 1.88. The van der Waals surface area contributed by atoms with Crippen LogP contribution in [0.15, 0.2) is 16.7 Å². The van der Waals surface area contributed by atoms with E-state index in [1.165, 1.54) is 6.07 Å². The van der Waals surface area contributed by atoms with Gasteiger partial charge in [0.25, 0.3) is 5.89 Å². The number of nitrogens with zero attached hydrogens (tertiary/aromatic N) is 2. The summed E-state index contributed by atoms with van der Waals surface area (Å²) in [5.74, 6) is 1.40. The number of rotatable bonds is 6. The molecule has 0 radical (unpaired) electrons. The third kappa shape index (κ3) is 5.18. The number of nitrogens with one attached hydrogen (secondary N) is 1. The monoisotopic (exact) mass is 385 g/mol. The first kappa shape index (κ1) is 19.3. The summed E-state index contributed by atoms with van der Waals surface area (Å²) in [5.41, 5.74) is 0. The Morgan fingerprint density at radius 1 is 1.23 bits per heavy atom. The van der Waals surface area contributed by atoms with Crippen LogP contribution in [0.25, 0.3) is 0 Å². The largest absolute Gasteiger partial charge is 0.482 e. The molecule has 1 heterocycles. The first-order chi connectivity index (χ1) is 9.99. The highest BCUT2D eigenvalue weighted by Crippen LogP contribution is 2.34. The van der Waals surface area contributed by atoms with Crippen molar-refractivity contribution in [2.24, 2.45) is 0 Å². The summed E-state index contributed by atoms with van der Waals surface area (Å²) in [5, 5.41) is 8.09. The lowest BCUT2D eigenvalue weighted by Gasteiger charge is -2.07. The van der Waals surface area contributed by atoms with Crippen LogP contribution in [0.1, 0.15) is 18.6 Å². The molecule has 0 bridgehead atoms. The highest BCUT2D eigenvalue weighted by atomic mass is 35.5. The molecule has 0 saturated carbocycles. The van der Waals surface area contributed by atoms with Crippen molar-refractivity contribution in [2.45, 2.75) is 26.0 Å². The van der Waals surface area contributed by atoms with Gasteiger partial charge in [-0.25, -0.2) is 0 Å². The molecule has 0 saturated heterocycles. The van der Waals surface area contributed by atoms with E-state index in [-0.39, 0.29) is 25.1 Å². The SMILES string of the molecule is CNC(C)Cc1noc(COc2cc(Cl)c(Cl)cc2Cl)n1.Cl. The first-order valence-corrected chi connectivity index (χ1v) is 7.39. The first-order valence-electron chi connectivity index (χ1n) is 6.25. The summed E-state index contributed by atoms with van der Waals surface area (Å²) in [6, 6.07) is 3.34. The zero-order chi connectivity index (χ0) is 15.4. The van der Waals surface area contributed by atoms with Crippen LogP contribution in [0.3, 0.4) is 0 Å². The van der Waals surface area contributed by atoms with Crippen LogP contribution in [0.2, 0.25) is 15.1 Å². The Hall–Kier alpha value is -0.720. The predicted octanol–water partition coefficient (Wildman–Crippen LogP) is 4.18. The lowest BCUT2D eigenvalue weighted by molar-refractivity contribution is 0.242. The van der Waals surface area contributed by atoms with E-state index in [1.807, 2.05) is 14.0 Å². The minimum Gasteiger partial charge on any atom is -0.482 e. The van der Waals surface area contributed by atoms with E-state index in [1.54, 1.807) is 6.07 Å². The van der Waals surface area contributed by atoms with E-state index < -0.39 is 0 Å². The lowest BCUT2D eigenvalue weighted by atomic mass is 10.2.